The molecule has 6 nitrogen and oxygen atoms in total. The number of halogens is 2. The van der Waals surface area contributed by atoms with E-state index >= 15 is 0 Å². The number of nitrogens with zero attached hydrogens (tertiary/aromatic N) is 2. The third-order valence-electron chi connectivity index (χ3n) is 5.20. The smallest absolute Gasteiger partial charge is 0.243 e. The molecule has 1 atom stereocenters. The summed E-state index contributed by atoms with van der Waals surface area (Å²) < 4.78 is 46.5. The molecule has 0 radical (unpaired) electrons. The van der Waals surface area contributed by atoms with Crippen LogP contribution in [-0.4, -0.2) is 36.0 Å². The molecule has 1 aliphatic rings. The molecule has 0 amide bonds. The summed E-state index contributed by atoms with van der Waals surface area (Å²) in [7, 11) is -3.67. The monoisotopic (exact) mass is 449 g/mol. The molecule has 30 heavy (non-hydrogen) atoms. The standard InChI is InChI=1S/C21H21ClFN3O3S/c1-14-10-19(6-7-20(14)23)30(27,28)26-9-8-15(12-26)21-11-17(24-25-21)13-29-18-4-2-16(22)3-5-18/h2-7,10-11,15H,8-9,12-13H2,1H3,(H,24,25). The number of ether oxygens (including phenoxy) is 1. The molecule has 1 aliphatic heterocycles. The van der Waals surface area contributed by atoms with E-state index in [-0.39, 0.29) is 10.8 Å². The predicted molar refractivity (Wildman–Crippen MR) is 112 cm³/mol. The lowest BCUT2D eigenvalue weighted by molar-refractivity contribution is 0.301. The Bertz CT molecular complexity index is 1150. The Balaban J connectivity index is 1.40. The van der Waals surface area contributed by atoms with Crippen LogP contribution < -0.4 is 4.74 Å². The lowest BCUT2D eigenvalue weighted by Crippen LogP contribution is -2.28. The van der Waals surface area contributed by atoms with Gasteiger partial charge in [-0.1, -0.05) is 11.6 Å². The summed E-state index contributed by atoms with van der Waals surface area (Å²) >= 11 is 5.87. The van der Waals surface area contributed by atoms with Gasteiger partial charge in [0.05, 0.1) is 16.3 Å². The van der Waals surface area contributed by atoms with Crippen LogP contribution in [0.25, 0.3) is 0 Å². The van der Waals surface area contributed by atoms with Gasteiger partial charge in [-0.3, -0.25) is 5.10 Å². The number of aromatic amines is 1. The fourth-order valence-electron chi connectivity index (χ4n) is 3.47. The Morgan fingerprint density at radius 3 is 2.73 bits per heavy atom. The Kier molecular flexibility index (Phi) is 5.81. The summed E-state index contributed by atoms with van der Waals surface area (Å²) in [5, 5.41) is 7.94. The van der Waals surface area contributed by atoms with Crippen molar-refractivity contribution in [3.8, 4) is 5.75 Å². The van der Waals surface area contributed by atoms with Gasteiger partial charge in [-0.05, 0) is 67.4 Å². The zero-order valence-corrected chi connectivity index (χ0v) is 17.9. The topological polar surface area (TPSA) is 75.3 Å². The lowest BCUT2D eigenvalue weighted by atomic mass is 10.1. The van der Waals surface area contributed by atoms with E-state index < -0.39 is 15.8 Å². The molecule has 1 aromatic heterocycles. The zero-order valence-electron chi connectivity index (χ0n) is 16.3. The molecule has 9 heteroatoms. The molecule has 0 bridgehead atoms. The molecular weight excluding hydrogens is 429 g/mol. The molecule has 0 aliphatic carbocycles. The van der Waals surface area contributed by atoms with E-state index in [9.17, 15) is 12.8 Å². The molecule has 3 aromatic rings. The second-order valence-electron chi connectivity index (χ2n) is 7.32. The minimum atomic E-state index is -3.67. The second-order valence-corrected chi connectivity index (χ2v) is 9.69. The summed E-state index contributed by atoms with van der Waals surface area (Å²) in [4.78, 5) is 0.112. The Morgan fingerprint density at radius 1 is 1.23 bits per heavy atom. The number of hydrogen-bond acceptors (Lipinski definition) is 4. The van der Waals surface area contributed by atoms with Crippen molar-refractivity contribution in [2.45, 2.75) is 30.8 Å². The minimum Gasteiger partial charge on any atom is -0.487 e. The van der Waals surface area contributed by atoms with Crippen molar-refractivity contribution in [2.75, 3.05) is 13.1 Å². The summed E-state index contributed by atoms with van der Waals surface area (Å²) in [6.07, 6.45) is 0.668. The van der Waals surface area contributed by atoms with E-state index in [1.807, 2.05) is 6.07 Å². The molecule has 1 unspecified atom stereocenters. The van der Waals surface area contributed by atoms with E-state index in [1.54, 1.807) is 31.2 Å². The quantitative estimate of drug-likeness (QED) is 0.609. The average molecular weight is 450 g/mol. The number of H-pyrrole nitrogens is 1. The molecule has 4 rings (SSSR count). The first-order valence-electron chi connectivity index (χ1n) is 9.52. The van der Waals surface area contributed by atoms with Crippen molar-refractivity contribution in [3.63, 3.8) is 0 Å². The number of sulfonamides is 1. The van der Waals surface area contributed by atoms with Crippen molar-refractivity contribution in [1.29, 1.82) is 0 Å². The number of hydrogen-bond donors (Lipinski definition) is 1. The number of nitrogens with one attached hydrogen (secondary N) is 1. The lowest BCUT2D eigenvalue weighted by Gasteiger charge is -2.16. The largest absolute Gasteiger partial charge is 0.487 e. The van der Waals surface area contributed by atoms with E-state index in [1.165, 1.54) is 22.5 Å². The number of benzene rings is 2. The highest BCUT2D eigenvalue weighted by Crippen LogP contribution is 2.31. The van der Waals surface area contributed by atoms with Crippen LogP contribution in [0.1, 0.15) is 29.3 Å². The van der Waals surface area contributed by atoms with Crippen molar-refractivity contribution in [2.24, 2.45) is 0 Å². The SMILES string of the molecule is Cc1cc(S(=O)(=O)N2CCC(c3cc(COc4ccc(Cl)cc4)[nH]n3)C2)ccc1F. The maximum atomic E-state index is 13.5. The Labute approximate surface area is 179 Å². The van der Waals surface area contributed by atoms with Crippen LogP contribution in [0.5, 0.6) is 5.75 Å². The van der Waals surface area contributed by atoms with Gasteiger partial charge in [-0.25, -0.2) is 12.8 Å². The minimum absolute atomic E-state index is 0.0122. The number of rotatable bonds is 6. The first-order valence-corrected chi connectivity index (χ1v) is 11.3. The number of aryl methyl sites for hydroxylation is 1. The molecule has 1 N–H and O–H groups in total. The first-order chi connectivity index (χ1) is 14.3. The molecule has 2 aromatic carbocycles. The van der Waals surface area contributed by atoms with Crippen LogP contribution in [0.15, 0.2) is 53.4 Å². The molecule has 0 spiro atoms. The van der Waals surface area contributed by atoms with Gasteiger partial charge in [0.15, 0.2) is 0 Å². The molecular formula is C21H21ClFN3O3S. The predicted octanol–water partition coefficient (Wildman–Crippen LogP) is 4.27. The Morgan fingerprint density at radius 2 is 2.00 bits per heavy atom. The highest BCUT2D eigenvalue weighted by Gasteiger charge is 2.34. The zero-order chi connectivity index (χ0) is 21.3. The molecule has 1 saturated heterocycles. The highest BCUT2D eigenvalue weighted by atomic mass is 35.5. The highest BCUT2D eigenvalue weighted by molar-refractivity contribution is 7.89. The summed E-state index contributed by atoms with van der Waals surface area (Å²) in [5.74, 6) is 0.267. The second kappa shape index (κ2) is 8.37. The maximum Gasteiger partial charge on any atom is 0.243 e. The summed E-state index contributed by atoms with van der Waals surface area (Å²) in [6, 6.07) is 12.9. The molecule has 158 valence electrons. The fraction of sp³-hybridized carbons (Fsp3) is 0.286. The molecule has 2 heterocycles. The van der Waals surface area contributed by atoms with Crippen molar-refractivity contribution < 1.29 is 17.5 Å². The summed E-state index contributed by atoms with van der Waals surface area (Å²) in [6.45, 7) is 2.60. The number of aromatic nitrogens is 2. The van der Waals surface area contributed by atoms with Gasteiger partial charge in [0.1, 0.15) is 18.2 Å². The van der Waals surface area contributed by atoms with Gasteiger partial charge in [0, 0.05) is 24.0 Å². The van der Waals surface area contributed by atoms with E-state index in [4.69, 9.17) is 16.3 Å². The molecule has 1 fully saturated rings. The summed E-state index contributed by atoms with van der Waals surface area (Å²) in [5.41, 5.74) is 1.91. The van der Waals surface area contributed by atoms with Crippen LogP contribution in [0, 0.1) is 12.7 Å². The van der Waals surface area contributed by atoms with Crippen LogP contribution in [0.3, 0.4) is 0 Å². The normalized spacial score (nSPS) is 17.4. The third-order valence-corrected chi connectivity index (χ3v) is 7.31. The van der Waals surface area contributed by atoms with E-state index in [2.05, 4.69) is 10.2 Å². The van der Waals surface area contributed by atoms with Crippen molar-refractivity contribution in [3.05, 3.63) is 76.3 Å². The van der Waals surface area contributed by atoms with Crippen LogP contribution in [0.2, 0.25) is 5.02 Å². The first kappa shape index (κ1) is 20.8. The maximum absolute atomic E-state index is 13.5. The fourth-order valence-corrected chi connectivity index (χ4v) is 5.18. The van der Waals surface area contributed by atoms with Crippen LogP contribution in [-0.2, 0) is 16.6 Å². The Hall–Kier alpha value is -2.42. The van der Waals surface area contributed by atoms with E-state index in [0.717, 1.165) is 11.4 Å². The third kappa shape index (κ3) is 4.35. The van der Waals surface area contributed by atoms with Crippen LogP contribution >= 0.6 is 11.6 Å². The average Bonchev–Trinajstić information content (AvgIpc) is 3.39. The van der Waals surface area contributed by atoms with Crippen molar-refractivity contribution >= 4 is 21.6 Å². The van der Waals surface area contributed by atoms with Gasteiger partial charge >= 0.3 is 0 Å². The van der Waals surface area contributed by atoms with Crippen molar-refractivity contribution in [1.82, 2.24) is 14.5 Å². The van der Waals surface area contributed by atoms with Gasteiger partial charge in [-0.15, -0.1) is 0 Å². The van der Waals surface area contributed by atoms with Gasteiger partial charge in [-0.2, -0.15) is 9.40 Å². The van der Waals surface area contributed by atoms with Gasteiger partial charge in [0.25, 0.3) is 0 Å². The van der Waals surface area contributed by atoms with Crippen LogP contribution in [0.4, 0.5) is 4.39 Å². The molecule has 0 saturated carbocycles. The van der Waals surface area contributed by atoms with Gasteiger partial charge in [0.2, 0.25) is 10.0 Å². The van der Waals surface area contributed by atoms with Gasteiger partial charge < -0.3 is 4.74 Å². The van der Waals surface area contributed by atoms with E-state index in [0.29, 0.717) is 42.5 Å².